The summed E-state index contributed by atoms with van der Waals surface area (Å²) in [6.07, 6.45) is 0. The molecule has 1 aliphatic heterocycles. The Labute approximate surface area is 176 Å². The van der Waals surface area contributed by atoms with Crippen LogP contribution in [0.15, 0.2) is 46.9 Å². The Morgan fingerprint density at radius 1 is 1.10 bits per heavy atom. The van der Waals surface area contributed by atoms with Crippen molar-refractivity contribution in [3.63, 3.8) is 0 Å². The molecule has 1 saturated heterocycles. The molecule has 1 aromatic carbocycles. The second kappa shape index (κ2) is 8.75. The number of hydrogen-bond acceptors (Lipinski definition) is 7. The van der Waals surface area contributed by atoms with Crippen molar-refractivity contribution in [2.45, 2.75) is 12.1 Å². The average molecular weight is 429 g/mol. The number of amides is 2. The fourth-order valence-corrected chi connectivity index (χ4v) is 4.61. The number of carbonyl (C=O) groups is 2. The number of benzene rings is 1. The SMILES string of the molecule is Cc1cccc(-n2nnnc2SCC(=O)N2CCN(C(=O)c3cccs3)CC2)c1. The van der Waals surface area contributed by atoms with E-state index >= 15 is 0 Å². The van der Waals surface area contributed by atoms with Crippen molar-refractivity contribution < 1.29 is 9.59 Å². The van der Waals surface area contributed by atoms with Crippen molar-refractivity contribution >= 4 is 34.9 Å². The lowest BCUT2D eigenvalue weighted by Gasteiger charge is -2.34. The molecule has 1 aliphatic rings. The van der Waals surface area contributed by atoms with Crippen LogP contribution in [0.2, 0.25) is 0 Å². The molecule has 150 valence electrons. The zero-order valence-electron chi connectivity index (χ0n) is 15.9. The molecule has 3 aromatic rings. The predicted octanol–water partition coefficient (Wildman–Crippen LogP) is 2.11. The van der Waals surface area contributed by atoms with E-state index < -0.39 is 0 Å². The van der Waals surface area contributed by atoms with Crippen LogP contribution >= 0.6 is 23.1 Å². The van der Waals surface area contributed by atoms with E-state index in [1.807, 2.05) is 48.7 Å². The van der Waals surface area contributed by atoms with Crippen LogP contribution in [0.25, 0.3) is 5.69 Å². The third-order valence-electron chi connectivity index (χ3n) is 4.66. The number of hydrogen-bond donors (Lipinski definition) is 0. The van der Waals surface area contributed by atoms with Gasteiger partial charge in [-0.05, 0) is 46.5 Å². The fourth-order valence-electron chi connectivity index (χ4n) is 3.12. The summed E-state index contributed by atoms with van der Waals surface area (Å²) in [5.41, 5.74) is 1.98. The van der Waals surface area contributed by atoms with E-state index in [9.17, 15) is 9.59 Å². The lowest BCUT2D eigenvalue weighted by Crippen LogP contribution is -2.51. The second-order valence-corrected chi connectivity index (χ2v) is 8.54. The van der Waals surface area contributed by atoms with Crippen molar-refractivity contribution in [3.8, 4) is 5.69 Å². The molecule has 3 heterocycles. The van der Waals surface area contributed by atoms with Crippen LogP contribution in [0.5, 0.6) is 0 Å². The lowest BCUT2D eigenvalue weighted by atomic mass is 10.2. The smallest absolute Gasteiger partial charge is 0.264 e. The van der Waals surface area contributed by atoms with Gasteiger partial charge in [0, 0.05) is 26.2 Å². The summed E-state index contributed by atoms with van der Waals surface area (Å²) in [6.45, 7) is 4.19. The summed E-state index contributed by atoms with van der Waals surface area (Å²) in [6, 6.07) is 11.6. The van der Waals surface area contributed by atoms with E-state index in [2.05, 4.69) is 15.5 Å². The van der Waals surface area contributed by atoms with Crippen LogP contribution < -0.4 is 0 Å². The largest absolute Gasteiger partial charge is 0.338 e. The zero-order valence-corrected chi connectivity index (χ0v) is 17.5. The molecule has 0 atom stereocenters. The standard InChI is InChI=1S/C19H20N6O2S2/c1-14-4-2-5-15(12-14)25-19(20-21-22-25)29-13-17(26)23-7-9-24(10-8-23)18(27)16-6-3-11-28-16/h2-6,11-12H,7-10,13H2,1H3. The maximum Gasteiger partial charge on any atom is 0.264 e. The van der Waals surface area contributed by atoms with Crippen molar-refractivity contribution in [2.24, 2.45) is 0 Å². The van der Waals surface area contributed by atoms with Gasteiger partial charge < -0.3 is 9.80 Å². The number of aryl methyl sites for hydroxylation is 1. The number of rotatable bonds is 5. The molecule has 8 nitrogen and oxygen atoms in total. The van der Waals surface area contributed by atoms with E-state index in [-0.39, 0.29) is 17.6 Å². The number of tetrazole rings is 1. The minimum atomic E-state index is 0.0250. The van der Waals surface area contributed by atoms with Gasteiger partial charge in [0.05, 0.1) is 16.3 Å². The molecule has 0 aliphatic carbocycles. The van der Waals surface area contributed by atoms with Gasteiger partial charge in [0.2, 0.25) is 11.1 Å². The van der Waals surface area contributed by atoms with Gasteiger partial charge in [0.15, 0.2) is 0 Å². The summed E-state index contributed by atoms with van der Waals surface area (Å²) in [5, 5.41) is 14.3. The van der Waals surface area contributed by atoms with Gasteiger partial charge >= 0.3 is 0 Å². The van der Waals surface area contributed by atoms with Gasteiger partial charge in [-0.25, -0.2) is 0 Å². The molecule has 29 heavy (non-hydrogen) atoms. The highest BCUT2D eigenvalue weighted by Gasteiger charge is 2.25. The Hall–Kier alpha value is -2.72. The molecular weight excluding hydrogens is 408 g/mol. The fraction of sp³-hybridized carbons (Fsp3) is 0.316. The molecule has 0 bridgehead atoms. The van der Waals surface area contributed by atoms with Crippen LogP contribution in [0, 0.1) is 6.92 Å². The van der Waals surface area contributed by atoms with Crippen LogP contribution in [0.1, 0.15) is 15.2 Å². The van der Waals surface area contributed by atoms with Gasteiger partial charge in [-0.3, -0.25) is 9.59 Å². The van der Waals surface area contributed by atoms with E-state index in [0.717, 1.165) is 16.1 Å². The normalized spacial score (nSPS) is 14.2. The molecule has 0 saturated carbocycles. The Balaban J connectivity index is 1.31. The molecule has 4 rings (SSSR count). The van der Waals surface area contributed by atoms with Crippen molar-refractivity contribution in [1.29, 1.82) is 0 Å². The molecule has 2 amide bonds. The Bertz CT molecular complexity index is 996. The highest BCUT2D eigenvalue weighted by atomic mass is 32.2. The molecule has 10 heteroatoms. The summed E-state index contributed by atoms with van der Waals surface area (Å²) in [4.78, 5) is 29.4. The lowest BCUT2D eigenvalue weighted by molar-refractivity contribution is -0.129. The molecule has 1 fully saturated rings. The third-order valence-corrected chi connectivity index (χ3v) is 6.43. The molecule has 0 radical (unpaired) electrons. The van der Waals surface area contributed by atoms with E-state index in [1.165, 1.54) is 23.1 Å². The summed E-state index contributed by atoms with van der Waals surface area (Å²) in [7, 11) is 0. The first kappa shape index (κ1) is 19.6. The van der Waals surface area contributed by atoms with Gasteiger partial charge in [-0.15, -0.1) is 16.4 Å². The Morgan fingerprint density at radius 2 is 1.90 bits per heavy atom. The number of piperazine rings is 1. The second-order valence-electron chi connectivity index (χ2n) is 6.65. The minimum absolute atomic E-state index is 0.0250. The first-order valence-electron chi connectivity index (χ1n) is 9.20. The van der Waals surface area contributed by atoms with Gasteiger partial charge in [0.1, 0.15) is 0 Å². The first-order valence-corrected chi connectivity index (χ1v) is 11.1. The number of thiophene rings is 1. The molecule has 2 aromatic heterocycles. The summed E-state index contributed by atoms with van der Waals surface area (Å²) < 4.78 is 1.64. The van der Waals surface area contributed by atoms with E-state index in [4.69, 9.17) is 0 Å². The topological polar surface area (TPSA) is 84.2 Å². The summed E-state index contributed by atoms with van der Waals surface area (Å²) >= 11 is 2.76. The first-order chi connectivity index (χ1) is 14.1. The number of aromatic nitrogens is 4. The van der Waals surface area contributed by atoms with E-state index in [0.29, 0.717) is 31.3 Å². The van der Waals surface area contributed by atoms with E-state index in [1.54, 1.807) is 14.5 Å². The molecule has 0 N–H and O–H groups in total. The van der Waals surface area contributed by atoms with Crippen molar-refractivity contribution in [2.75, 3.05) is 31.9 Å². The number of thioether (sulfide) groups is 1. The maximum absolute atomic E-state index is 12.6. The van der Waals surface area contributed by atoms with Gasteiger partial charge in [-0.1, -0.05) is 30.0 Å². The number of nitrogens with zero attached hydrogens (tertiary/aromatic N) is 6. The van der Waals surface area contributed by atoms with Crippen molar-refractivity contribution in [1.82, 2.24) is 30.0 Å². The van der Waals surface area contributed by atoms with Crippen LogP contribution in [-0.2, 0) is 4.79 Å². The molecule has 0 unspecified atom stereocenters. The third kappa shape index (κ3) is 4.48. The molecule has 0 spiro atoms. The van der Waals surface area contributed by atoms with Gasteiger partial charge in [0.25, 0.3) is 5.91 Å². The predicted molar refractivity (Wildman–Crippen MR) is 111 cm³/mol. The van der Waals surface area contributed by atoms with Crippen molar-refractivity contribution in [3.05, 3.63) is 52.2 Å². The average Bonchev–Trinajstić information content (AvgIpc) is 3.43. The highest BCUT2D eigenvalue weighted by molar-refractivity contribution is 7.99. The number of carbonyl (C=O) groups excluding carboxylic acids is 2. The monoisotopic (exact) mass is 428 g/mol. The van der Waals surface area contributed by atoms with Crippen LogP contribution in [0.3, 0.4) is 0 Å². The quantitative estimate of drug-likeness (QED) is 0.579. The Kier molecular flexibility index (Phi) is 5.91. The Morgan fingerprint density at radius 3 is 2.62 bits per heavy atom. The molecular formula is C19H20N6O2S2. The summed E-state index contributed by atoms with van der Waals surface area (Å²) in [5.74, 6) is 0.321. The minimum Gasteiger partial charge on any atom is -0.338 e. The van der Waals surface area contributed by atoms with Gasteiger partial charge in [-0.2, -0.15) is 4.68 Å². The van der Waals surface area contributed by atoms with Crippen LogP contribution in [-0.4, -0.2) is 73.8 Å². The maximum atomic E-state index is 12.6. The highest BCUT2D eigenvalue weighted by Crippen LogP contribution is 2.20. The zero-order chi connectivity index (χ0) is 20.2. The van der Waals surface area contributed by atoms with Crippen LogP contribution in [0.4, 0.5) is 0 Å².